The van der Waals surface area contributed by atoms with Gasteiger partial charge in [-0.2, -0.15) is 0 Å². The first-order valence-corrected chi connectivity index (χ1v) is 8.24. The summed E-state index contributed by atoms with van der Waals surface area (Å²) in [7, 11) is 0. The average Bonchev–Trinajstić information content (AvgIpc) is 2.86. The van der Waals surface area contributed by atoms with Crippen molar-refractivity contribution in [1.29, 1.82) is 0 Å². The van der Waals surface area contributed by atoms with Gasteiger partial charge in [-0.15, -0.1) is 0 Å². The third kappa shape index (κ3) is 2.95. The summed E-state index contributed by atoms with van der Waals surface area (Å²) in [6, 6.07) is 17.8. The lowest BCUT2D eigenvalue weighted by Gasteiger charge is -2.28. The van der Waals surface area contributed by atoms with Crippen molar-refractivity contribution in [3.05, 3.63) is 77.6 Å². The Labute approximate surface area is 147 Å². The van der Waals surface area contributed by atoms with Crippen LogP contribution in [0.3, 0.4) is 0 Å². The predicted octanol–water partition coefficient (Wildman–Crippen LogP) is 4.20. The van der Waals surface area contributed by atoms with Crippen LogP contribution in [0.4, 0.5) is 5.69 Å². The molecule has 25 heavy (non-hydrogen) atoms. The van der Waals surface area contributed by atoms with Crippen LogP contribution in [0.1, 0.15) is 32.4 Å². The van der Waals surface area contributed by atoms with Gasteiger partial charge in [0.05, 0.1) is 11.6 Å². The number of nitrogens with zero attached hydrogens (tertiary/aromatic N) is 1. The van der Waals surface area contributed by atoms with Crippen molar-refractivity contribution in [1.82, 2.24) is 0 Å². The molecule has 0 saturated heterocycles. The minimum Gasteiger partial charge on any atom is -0.503 e. The average molecular weight is 335 g/mol. The van der Waals surface area contributed by atoms with Crippen LogP contribution in [0.5, 0.6) is 0 Å². The second-order valence-electron chi connectivity index (χ2n) is 7.17. The van der Waals surface area contributed by atoms with Gasteiger partial charge in [0, 0.05) is 11.1 Å². The van der Waals surface area contributed by atoms with Gasteiger partial charge in [0.15, 0.2) is 11.5 Å². The van der Waals surface area contributed by atoms with Crippen molar-refractivity contribution < 1.29 is 14.7 Å². The monoisotopic (exact) mass is 335 g/mol. The lowest BCUT2D eigenvalue weighted by Crippen LogP contribution is -2.32. The lowest BCUT2D eigenvalue weighted by molar-refractivity contribution is -0.123. The maximum absolute atomic E-state index is 13.0. The number of ketones is 1. The molecule has 1 N–H and O–H groups in total. The maximum atomic E-state index is 13.0. The Morgan fingerprint density at radius 1 is 0.960 bits per heavy atom. The molecular weight excluding hydrogens is 314 g/mol. The molecule has 0 unspecified atom stereocenters. The van der Waals surface area contributed by atoms with Crippen LogP contribution in [0.15, 0.2) is 72.0 Å². The molecule has 0 aromatic heterocycles. The molecule has 0 saturated carbocycles. The number of aliphatic hydroxyl groups excluding tert-OH is 1. The molecule has 1 aliphatic rings. The Morgan fingerprint density at radius 3 is 2.00 bits per heavy atom. The van der Waals surface area contributed by atoms with Crippen molar-refractivity contribution in [2.24, 2.45) is 5.41 Å². The molecule has 3 rings (SSSR count). The molecule has 128 valence electrons. The second-order valence-corrected chi connectivity index (χ2v) is 7.17. The summed E-state index contributed by atoms with van der Waals surface area (Å²) < 4.78 is 0. The third-order valence-corrected chi connectivity index (χ3v) is 4.28. The van der Waals surface area contributed by atoms with Gasteiger partial charge in [0.1, 0.15) is 0 Å². The molecule has 4 nitrogen and oxygen atoms in total. The van der Waals surface area contributed by atoms with Crippen molar-refractivity contribution in [2.45, 2.75) is 26.8 Å². The largest absolute Gasteiger partial charge is 0.503 e. The van der Waals surface area contributed by atoms with Crippen LogP contribution in [0.2, 0.25) is 0 Å². The van der Waals surface area contributed by atoms with E-state index in [1.54, 1.807) is 32.9 Å². The Kier molecular flexibility index (Phi) is 4.21. The number of Topliss-reactive ketones (excluding diaryl/α,β-unsaturated/α-hetero) is 1. The highest BCUT2D eigenvalue weighted by Crippen LogP contribution is 2.43. The van der Waals surface area contributed by atoms with Crippen LogP contribution in [0, 0.1) is 5.41 Å². The van der Waals surface area contributed by atoms with E-state index in [2.05, 4.69) is 0 Å². The number of benzene rings is 2. The van der Waals surface area contributed by atoms with Gasteiger partial charge < -0.3 is 5.11 Å². The van der Waals surface area contributed by atoms with E-state index in [-0.39, 0.29) is 11.4 Å². The van der Waals surface area contributed by atoms with Gasteiger partial charge in [0.25, 0.3) is 5.91 Å². The Morgan fingerprint density at radius 2 is 1.48 bits per heavy atom. The number of anilines is 1. The fourth-order valence-corrected chi connectivity index (χ4v) is 3.05. The molecule has 4 heteroatoms. The first-order chi connectivity index (χ1) is 11.8. The fraction of sp³-hybridized carbons (Fsp3) is 0.238. The standard InChI is InChI=1S/C21H21NO3/c1-21(2,3)19(24)16-17(14-10-6-4-7-11-14)22(20(25)18(16)23)15-12-8-5-9-13-15/h4-13,17,23H,1-3H3/t17-/m0/s1. The number of rotatable bonds is 3. The van der Waals surface area contributed by atoms with Gasteiger partial charge in [-0.3, -0.25) is 14.5 Å². The summed E-state index contributed by atoms with van der Waals surface area (Å²) in [6.45, 7) is 5.36. The quantitative estimate of drug-likeness (QED) is 0.914. The SMILES string of the molecule is CC(C)(C)C(=O)C1=C(O)C(=O)N(c2ccccc2)[C@H]1c1ccccc1. The zero-order chi connectivity index (χ0) is 18.2. The molecule has 0 radical (unpaired) electrons. The first-order valence-electron chi connectivity index (χ1n) is 8.24. The van der Waals surface area contributed by atoms with E-state index in [0.29, 0.717) is 5.69 Å². The predicted molar refractivity (Wildman–Crippen MR) is 97.2 cm³/mol. The van der Waals surface area contributed by atoms with Gasteiger partial charge in [-0.25, -0.2) is 0 Å². The van der Waals surface area contributed by atoms with Gasteiger partial charge in [-0.05, 0) is 17.7 Å². The Hall–Kier alpha value is -2.88. The summed E-state index contributed by atoms with van der Waals surface area (Å²) in [6.07, 6.45) is 0. The molecule has 2 aromatic rings. The summed E-state index contributed by atoms with van der Waals surface area (Å²) in [5, 5.41) is 10.5. The second kappa shape index (κ2) is 6.20. The van der Waals surface area contributed by atoms with Crippen LogP contribution in [-0.2, 0) is 9.59 Å². The summed E-state index contributed by atoms with van der Waals surface area (Å²) in [5.74, 6) is -1.24. The number of hydrogen-bond acceptors (Lipinski definition) is 3. The van der Waals surface area contributed by atoms with E-state index in [0.717, 1.165) is 5.56 Å². The van der Waals surface area contributed by atoms with Crippen molar-refractivity contribution >= 4 is 17.4 Å². The molecule has 1 aliphatic heterocycles. The molecule has 0 spiro atoms. The summed E-state index contributed by atoms with van der Waals surface area (Å²) in [5.41, 5.74) is 0.886. The molecule has 0 bridgehead atoms. The van der Waals surface area contributed by atoms with Crippen molar-refractivity contribution in [3.8, 4) is 0 Å². The van der Waals surface area contributed by atoms with Gasteiger partial charge in [0.2, 0.25) is 0 Å². The number of amides is 1. The highest BCUT2D eigenvalue weighted by Gasteiger charge is 2.46. The van der Waals surface area contributed by atoms with Crippen LogP contribution >= 0.6 is 0 Å². The molecule has 2 aromatic carbocycles. The van der Waals surface area contributed by atoms with Crippen molar-refractivity contribution in [2.75, 3.05) is 4.90 Å². The molecule has 1 heterocycles. The smallest absolute Gasteiger partial charge is 0.294 e. The number of aliphatic hydroxyl groups is 1. The highest BCUT2D eigenvalue weighted by atomic mass is 16.3. The Bertz CT molecular complexity index is 832. The fourth-order valence-electron chi connectivity index (χ4n) is 3.05. The van der Waals surface area contributed by atoms with Crippen molar-refractivity contribution in [3.63, 3.8) is 0 Å². The topological polar surface area (TPSA) is 57.6 Å². The number of carbonyl (C=O) groups is 2. The number of carbonyl (C=O) groups excluding carboxylic acids is 2. The maximum Gasteiger partial charge on any atom is 0.294 e. The molecular formula is C21H21NO3. The lowest BCUT2D eigenvalue weighted by atomic mass is 9.82. The molecule has 0 aliphatic carbocycles. The van der Waals surface area contributed by atoms with Crippen LogP contribution < -0.4 is 4.90 Å². The normalized spacial score (nSPS) is 18.0. The third-order valence-electron chi connectivity index (χ3n) is 4.28. The van der Waals surface area contributed by atoms with Crippen LogP contribution in [0.25, 0.3) is 0 Å². The van der Waals surface area contributed by atoms with E-state index in [1.165, 1.54) is 4.90 Å². The number of para-hydroxylation sites is 1. The van der Waals surface area contributed by atoms with E-state index in [1.807, 2.05) is 48.5 Å². The summed E-state index contributed by atoms with van der Waals surface area (Å²) in [4.78, 5) is 27.3. The molecule has 0 fully saturated rings. The van der Waals surface area contributed by atoms with E-state index >= 15 is 0 Å². The summed E-state index contributed by atoms with van der Waals surface area (Å²) >= 11 is 0. The van der Waals surface area contributed by atoms with E-state index in [4.69, 9.17) is 0 Å². The minimum atomic E-state index is -0.705. The van der Waals surface area contributed by atoms with E-state index < -0.39 is 23.1 Å². The zero-order valence-corrected chi connectivity index (χ0v) is 14.6. The Balaban J connectivity index is 2.19. The highest BCUT2D eigenvalue weighted by molar-refractivity contribution is 6.17. The molecule has 1 atom stereocenters. The van der Waals surface area contributed by atoms with Gasteiger partial charge in [-0.1, -0.05) is 69.3 Å². The number of hydrogen-bond donors (Lipinski definition) is 1. The van der Waals surface area contributed by atoms with Gasteiger partial charge >= 0.3 is 0 Å². The first kappa shape index (κ1) is 17.0. The molecule has 1 amide bonds. The zero-order valence-electron chi connectivity index (χ0n) is 14.6. The minimum absolute atomic E-state index is 0.160. The van der Waals surface area contributed by atoms with E-state index in [9.17, 15) is 14.7 Å². The van der Waals surface area contributed by atoms with Crippen LogP contribution in [-0.4, -0.2) is 16.8 Å².